The van der Waals surface area contributed by atoms with Crippen molar-refractivity contribution in [2.75, 3.05) is 20.8 Å². The Hall–Kier alpha value is -3.54. The molecule has 0 aromatic heterocycles. The number of carbonyl (C=O) groups is 1. The van der Waals surface area contributed by atoms with Crippen LogP contribution in [-0.4, -0.2) is 25.9 Å². The van der Waals surface area contributed by atoms with Gasteiger partial charge in [0.2, 0.25) is 5.12 Å². The van der Waals surface area contributed by atoms with E-state index in [-0.39, 0.29) is 11.7 Å². The Morgan fingerprint density at radius 1 is 0.657 bits per heavy atom. The quantitative estimate of drug-likeness (QED) is 0.241. The number of hydrogen-bond acceptors (Lipinski definition) is 5. The van der Waals surface area contributed by atoms with Crippen molar-refractivity contribution >= 4 is 16.9 Å². The lowest BCUT2D eigenvalue weighted by molar-refractivity contribution is -0.118. The fraction of sp³-hybridized carbons (Fsp3) is 0.167. The number of hydrogen-bond donors (Lipinski definition) is 0. The Kier molecular flexibility index (Phi) is 8.24. The van der Waals surface area contributed by atoms with Gasteiger partial charge in [0.05, 0.1) is 14.2 Å². The van der Waals surface area contributed by atoms with Gasteiger partial charge in [-0.15, -0.1) is 0 Å². The summed E-state index contributed by atoms with van der Waals surface area (Å²) in [4.78, 5) is 13.0. The summed E-state index contributed by atoms with van der Waals surface area (Å²) in [5.74, 6) is 2.10. The number of methoxy groups -OCH3 is 2. The van der Waals surface area contributed by atoms with Gasteiger partial charge in [0.25, 0.3) is 0 Å². The normalized spacial score (nSPS) is 11.1. The van der Waals surface area contributed by atoms with E-state index in [1.807, 2.05) is 109 Å². The Morgan fingerprint density at radius 2 is 1.11 bits per heavy atom. The lowest BCUT2D eigenvalue weighted by atomic mass is 9.80. The number of ether oxygens (including phenoxy) is 3. The molecule has 4 aromatic rings. The van der Waals surface area contributed by atoms with E-state index in [9.17, 15) is 4.79 Å². The molecule has 4 aromatic carbocycles. The third kappa shape index (κ3) is 5.76. The van der Waals surface area contributed by atoms with E-state index in [1.54, 1.807) is 14.2 Å². The van der Waals surface area contributed by atoms with E-state index in [0.29, 0.717) is 5.75 Å². The second kappa shape index (κ2) is 11.7. The minimum atomic E-state index is -0.997. The average Bonchev–Trinajstić information content (AvgIpc) is 2.94. The summed E-state index contributed by atoms with van der Waals surface area (Å²) in [5.41, 5.74) is 2.83. The van der Waals surface area contributed by atoms with Gasteiger partial charge in [-0.3, -0.25) is 4.79 Å². The summed E-state index contributed by atoms with van der Waals surface area (Å²) in [6.07, 6.45) is 0. The van der Waals surface area contributed by atoms with Crippen LogP contribution in [0.3, 0.4) is 0 Å². The fourth-order valence-corrected chi connectivity index (χ4v) is 4.68. The molecule has 0 atom stereocenters. The Balaban J connectivity index is 1.72. The molecule has 4 rings (SSSR count). The number of benzene rings is 4. The van der Waals surface area contributed by atoms with E-state index in [1.165, 1.54) is 11.8 Å². The van der Waals surface area contributed by atoms with Crippen LogP contribution in [0.25, 0.3) is 0 Å². The zero-order valence-corrected chi connectivity index (χ0v) is 20.7. The van der Waals surface area contributed by atoms with Crippen molar-refractivity contribution in [1.29, 1.82) is 0 Å². The minimum absolute atomic E-state index is 0.0313. The first-order chi connectivity index (χ1) is 17.2. The molecule has 4 nitrogen and oxygen atoms in total. The molecule has 0 aliphatic heterocycles. The Labute approximate surface area is 210 Å². The molecule has 0 aliphatic rings. The number of carbonyl (C=O) groups excluding carboxylic acids is 1. The molecule has 0 unspecified atom stereocenters. The fourth-order valence-electron chi connectivity index (χ4n) is 4.02. The highest BCUT2D eigenvalue weighted by Crippen LogP contribution is 2.41. The van der Waals surface area contributed by atoms with Crippen molar-refractivity contribution in [3.8, 4) is 11.5 Å². The molecular formula is C30H28O4S. The van der Waals surface area contributed by atoms with Crippen LogP contribution in [0, 0.1) is 0 Å². The highest BCUT2D eigenvalue weighted by atomic mass is 32.2. The van der Waals surface area contributed by atoms with Crippen molar-refractivity contribution < 1.29 is 19.0 Å². The third-order valence-electron chi connectivity index (χ3n) is 5.82. The molecule has 5 heteroatoms. The van der Waals surface area contributed by atoms with E-state index >= 15 is 0 Å². The van der Waals surface area contributed by atoms with Crippen LogP contribution in [0.1, 0.15) is 22.3 Å². The number of thioether (sulfide) groups is 1. The standard InChI is InChI=1S/C30H28O4S/c1-32-27-17-13-25(14-18-27)30(24-11-7-4-8-12-24,26-15-19-28(33-2)20-16-26)34-21-29(31)35-22-23-9-5-3-6-10-23/h3-20H,21-22H2,1-2H3. The summed E-state index contributed by atoms with van der Waals surface area (Å²) in [5, 5.41) is -0.0313. The molecule has 0 heterocycles. The van der Waals surface area contributed by atoms with Gasteiger partial charge < -0.3 is 14.2 Å². The molecule has 0 bridgehead atoms. The smallest absolute Gasteiger partial charge is 0.215 e. The molecular weight excluding hydrogens is 456 g/mol. The van der Waals surface area contributed by atoms with Crippen molar-refractivity contribution in [2.45, 2.75) is 11.4 Å². The van der Waals surface area contributed by atoms with Gasteiger partial charge in [-0.25, -0.2) is 0 Å². The molecule has 178 valence electrons. The average molecular weight is 485 g/mol. The summed E-state index contributed by atoms with van der Waals surface area (Å²) in [6.45, 7) is -0.0511. The minimum Gasteiger partial charge on any atom is -0.497 e. The maximum absolute atomic E-state index is 13.0. The van der Waals surface area contributed by atoms with Crippen LogP contribution in [0.4, 0.5) is 0 Å². The Bertz CT molecular complexity index is 1160. The zero-order chi connectivity index (χ0) is 24.5. The van der Waals surface area contributed by atoms with Crippen molar-refractivity contribution in [1.82, 2.24) is 0 Å². The van der Waals surface area contributed by atoms with Crippen molar-refractivity contribution in [3.63, 3.8) is 0 Å². The first kappa shape index (κ1) is 24.6. The molecule has 0 aliphatic carbocycles. The van der Waals surface area contributed by atoms with Gasteiger partial charge >= 0.3 is 0 Å². The summed E-state index contributed by atoms with van der Waals surface area (Å²) < 4.78 is 17.4. The molecule has 0 spiro atoms. The molecule has 0 saturated heterocycles. The molecule has 35 heavy (non-hydrogen) atoms. The monoisotopic (exact) mass is 484 g/mol. The second-order valence-electron chi connectivity index (χ2n) is 7.94. The van der Waals surface area contributed by atoms with Gasteiger partial charge in [0.1, 0.15) is 23.7 Å². The van der Waals surface area contributed by atoms with Gasteiger partial charge in [-0.2, -0.15) is 0 Å². The zero-order valence-electron chi connectivity index (χ0n) is 19.8. The summed E-state index contributed by atoms with van der Waals surface area (Å²) >= 11 is 1.26. The van der Waals surface area contributed by atoms with Crippen LogP contribution >= 0.6 is 11.8 Å². The van der Waals surface area contributed by atoms with Crippen LogP contribution in [0.2, 0.25) is 0 Å². The molecule has 0 fully saturated rings. The lowest BCUT2D eigenvalue weighted by Crippen LogP contribution is -2.34. The highest BCUT2D eigenvalue weighted by Gasteiger charge is 2.38. The molecule has 0 N–H and O–H groups in total. The van der Waals surface area contributed by atoms with Gasteiger partial charge in [0.15, 0.2) is 0 Å². The molecule has 0 radical (unpaired) electrons. The first-order valence-electron chi connectivity index (χ1n) is 11.3. The second-order valence-corrected chi connectivity index (χ2v) is 8.97. The largest absolute Gasteiger partial charge is 0.497 e. The maximum Gasteiger partial charge on any atom is 0.215 e. The topological polar surface area (TPSA) is 44.8 Å². The summed E-state index contributed by atoms with van der Waals surface area (Å²) in [7, 11) is 3.28. The van der Waals surface area contributed by atoms with Crippen LogP contribution in [-0.2, 0) is 20.9 Å². The first-order valence-corrected chi connectivity index (χ1v) is 12.3. The van der Waals surface area contributed by atoms with E-state index in [4.69, 9.17) is 14.2 Å². The van der Waals surface area contributed by atoms with E-state index in [2.05, 4.69) is 0 Å². The van der Waals surface area contributed by atoms with Crippen LogP contribution in [0.15, 0.2) is 109 Å². The SMILES string of the molecule is COc1ccc(C(OCC(=O)SCc2ccccc2)(c2ccccc2)c2ccc(OC)cc2)cc1. The van der Waals surface area contributed by atoms with Crippen LogP contribution < -0.4 is 9.47 Å². The van der Waals surface area contributed by atoms with E-state index in [0.717, 1.165) is 33.8 Å². The predicted molar refractivity (Wildman–Crippen MR) is 141 cm³/mol. The third-order valence-corrected chi connectivity index (χ3v) is 6.74. The molecule has 0 saturated carbocycles. The number of rotatable bonds is 10. The van der Waals surface area contributed by atoms with E-state index < -0.39 is 5.60 Å². The Morgan fingerprint density at radius 3 is 1.60 bits per heavy atom. The predicted octanol–water partition coefficient (Wildman–Crippen LogP) is 6.47. The van der Waals surface area contributed by atoms with Gasteiger partial charge in [-0.05, 0) is 46.5 Å². The molecule has 0 amide bonds. The van der Waals surface area contributed by atoms with Gasteiger partial charge in [0, 0.05) is 5.75 Å². The highest BCUT2D eigenvalue weighted by molar-refractivity contribution is 8.13. The van der Waals surface area contributed by atoms with Gasteiger partial charge in [-0.1, -0.05) is 96.7 Å². The van der Waals surface area contributed by atoms with Crippen LogP contribution in [0.5, 0.6) is 11.5 Å². The maximum atomic E-state index is 13.0. The van der Waals surface area contributed by atoms with Crippen molar-refractivity contribution in [3.05, 3.63) is 131 Å². The lowest BCUT2D eigenvalue weighted by Gasteiger charge is -2.35. The summed E-state index contributed by atoms with van der Waals surface area (Å²) in [6, 6.07) is 35.5. The van der Waals surface area contributed by atoms with Crippen molar-refractivity contribution in [2.24, 2.45) is 0 Å².